The first-order valence-corrected chi connectivity index (χ1v) is 6.78. The first-order chi connectivity index (χ1) is 9.72. The smallest absolute Gasteiger partial charge is 0.339 e. The van der Waals surface area contributed by atoms with E-state index in [0.717, 1.165) is 5.69 Å². The van der Waals surface area contributed by atoms with Gasteiger partial charge in [-0.15, -0.1) is 0 Å². The molecule has 3 aromatic rings. The van der Waals surface area contributed by atoms with Crippen LogP contribution < -0.4 is 5.56 Å². The lowest BCUT2D eigenvalue weighted by atomic mass is 10.2. The summed E-state index contributed by atoms with van der Waals surface area (Å²) in [7, 11) is 1.33. The van der Waals surface area contributed by atoms with Gasteiger partial charge in [0, 0.05) is 0 Å². The molecule has 0 aliphatic rings. The number of carbonyl (C=O) groups is 1. The standard InChI is InChI=1S/C15H11NO3S/c1-19-15(18)12-9-5-8-11-13(12)20-16(14(11)17)10-6-3-2-4-7-10/h2-9H,1H3. The van der Waals surface area contributed by atoms with Crippen LogP contribution in [0, 0.1) is 0 Å². The normalized spacial score (nSPS) is 10.7. The third kappa shape index (κ3) is 1.92. The Morgan fingerprint density at radius 2 is 1.85 bits per heavy atom. The van der Waals surface area contributed by atoms with E-state index < -0.39 is 5.97 Å². The maximum atomic E-state index is 12.4. The molecule has 0 saturated heterocycles. The number of aromatic nitrogens is 1. The van der Waals surface area contributed by atoms with Crippen LogP contribution in [0.3, 0.4) is 0 Å². The number of rotatable bonds is 2. The van der Waals surface area contributed by atoms with Crippen LogP contribution in [-0.4, -0.2) is 17.0 Å². The van der Waals surface area contributed by atoms with Gasteiger partial charge in [0.25, 0.3) is 5.56 Å². The van der Waals surface area contributed by atoms with Gasteiger partial charge >= 0.3 is 5.97 Å². The minimum atomic E-state index is -0.433. The molecule has 5 heteroatoms. The Morgan fingerprint density at radius 1 is 1.10 bits per heavy atom. The number of nitrogens with zero attached hydrogens (tertiary/aromatic N) is 1. The summed E-state index contributed by atoms with van der Waals surface area (Å²) in [6.45, 7) is 0. The van der Waals surface area contributed by atoms with Gasteiger partial charge in [0.2, 0.25) is 0 Å². The molecule has 1 heterocycles. The fourth-order valence-electron chi connectivity index (χ4n) is 2.05. The van der Waals surface area contributed by atoms with Crippen LogP contribution in [0.1, 0.15) is 10.4 Å². The largest absolute Gasteiger partial charge is 0.465 e. The Morgan fingerprint density at radius 3 is 2.55 bits per heavy atom. The Labute approximate surface area is 119 Å². The SMILES string of the molecule is COC(=O)c1cccc2c(=O)n(-c3ccccc3)sc12. The Balaban J connectivity index is 2.30. The maximum Gasteiger partial charge on any atom is 0.339 e. The number of hydrogen-bond donors (Lipinski definition) is 0. The summed E-state index contributed by atoms with van der Waals surface area (Å²) >= 11 is 1.25. The first kappa shape index (κ1) is 12.6. The fraction of sp³-hybridized carbons (Fsp3) is 0.0667. The van der Waals surface area contributed by atoms with Gasteiger partial charge in [-0.2, -0.15) is 0 Å². The number of fused-ring (bicyclic) bond motifs is 1. The summed E-state index contributed by atoms with van der Waals surface area (Å²) < 4.78 is 6.98. The maximum absolute atomic E-state index is 12.4. The molecule has 1 aromatic heterocycles. The molecule has 0 spiro atoms. The average molecular weight is 285 g/mol. The molecule has 0 radical (unpaired) electrons. The average Bonchev–Trinajstić information content (AvgIpc) is 2.85. The molecule has 0 aliphatic carbocycles. The van der Waals surface area contributed by atoms with Crippen molar-refractivity contribution >= 4 is 27.6 Å². The quantitative estimate of drug-likeness (QED) is 0.680. The van der Waals surface area contributed by atoms with E-state index in [4.69, 9.17) is 4.74 Å². The van der Waals surface area contributed by atoms with E-state index >= 15 is 0 Å². The zero-order valence-corrected chi connectivity index (χ0v) is 11.5. The van der Waals surface area contributed by atoms with Crippen LogP contribution in [0.2, 0.25) is 0 Å². The summed E-state index contributed by atoms with van der Waals surface area (Å²) in [6, 6.07) is 14.4. The first-order valence-electron chi connectivity index (χ1n) is 6.01. The van der Waals surface area contributed by atoms with Crippen molar-refractivity contribution in [1.82, 2.24) is 3.96 Å². The van der Waals surface area contributed by atoms with Crippen molar-refractivity contribution < 1.29 is 9.53 Å². The van der Waals surface area contributed by atoms with Gasteiger partial charge in [-0.25, -0.2) is 8.75 Å². The van der Waals surface area contributed by atoms with E-state index in [-0.39, 0.29) is 5.56 Å². The number of benzene rings is 2. The molecule has 0 fully saturated rings. The molecule has 3 rings (SSSR count). The van der Waals surface area contributed by atoms with Gasteiger partial charge in [0.1, 0.15) is 0 Å². The highest BCUT2D eigenvalue weighted by molar-refractivity contribution is 7.14. The van der Waals surface area contributed by atoms with E-state index in [1.807, 2.05) is 30.3 Å². The highest BCUT2D eigenvalue weighted by Crippen LogP contribution is 2.24. The zero-order chi connectivity index (χ0) is 14.1. The van der Waals surface area contributed by atoms with Crippen molar-refractivity contribution in [1.29, 1.82) is 0 Å². The minimum Gasteiger partial charge on any atom is -0.465 e. The lowest BCUT2D eigenvalue weighted by Gasteiger charge is -1.99. The molecule has 0 aliphatic heterocycles. The molecule has 0 atom stereocenters. The van der Waals surface area contributed by atoms with E-state index in [1.54, 1.807) is 22.2 Å². The molecule has 0 unspecified atom stereocenters. The number of ether oxygens (including phenoxy) is 1. The summed E-state index contributed by atoms with van der Waals surface area (Å²) in [5.74, 6) is -0.433. The molecule has 0 bridgehead atoms. The fourth-order valence-corrected chi connectivity index (χ4v) is 3.14. The molecule has 100 valence electrons. The van der Waals surface area contributed by atoms with Gasteiger partial charge in [0.15, 0.2) is 0 Å². The molecular formula is C15H11NO3S. The van der Waals surface area contributed by atoms with Gasteiger partial charge in [-0.05, 0) is 35.8 Å². The van der Waals surface area contributed by atoms with Gasteiger partial charge in [-0.3, -0.25) is 4.79 Å². The lowest BCUT2D eigenvalue weighted by Crippen LogP contribution is -2.10. The Kier molecular flexibility index (Phi) is 3.12. The Hall–Kier alpha value is -2.40. The predicted octanol–water partition coefficient (Wildman–Crippen LogP) is 2.84. The van der Waals surface area contributed by atoms with Crippen molar-refractivity contribution in [3.63, 3.8) is 0 Å². The summed E-state index contributed by atoms with van der Waals surface area (Å²) in [6.07, 6.45) is 0. The summed E-state index contributed by atoms with van der Waals surface area (Å²) in [5.41, 5.74) is 1.08. The second-order valence-corrected chi connectivity index (χ2v) is 5.16. The zero-order valence-electron chi connectivity index (χ0n) is 10.7. The van der Waals surface area contributed by atoms with Crippen molar-refractivity contribution in [2.24, 2.45) is 0 Å². The molecule has 20 heavy (non-hydrogen) atoms. The third-order valence-electron chi connectivity index (χ3n) is 3.01. The van der Waals surface area contributed by atoms with Gasteiger partial charge < -0.3 is 4.74 Å². The van der Waals surface area contributed by atoms with E-state index in [9.17, 15) is 9.59 Å². The van der Waals surface area contributed by atoms with Gasteiger partial charge in [-0.1, -0.05) is 24.3 Å². The van der Waals surface area contributed by atoms with Crippen molar-refractivity contribution in [3.8, 4) is 5.69 Å². The van der Waals surface area contributed by atoms with Crippen LogP contribution in [0.25, 0.3) is 15.8 Å². The number of methoxy groups -OCH3 is 1. The number of para-hydroxylation sites is 1. The second-order valence-electron chi connectivity index (χ2n) is 4.20. The van der Waals surface area contributed by atoms with Crippen LogP contribution in [0.15, 0.2) is 53.3 Å². The highest BCUT2D eigenvalue weighted by atomic mass is 32.1. The van der Waals surface area contributed by atoms with Crippen LogP contribution in [-0.2, 0) is 4.74 Å². The highest BCUT2D eigenvalue weighted by Gasteiger charge is 2.16. The van der Waals surface area contributed by atoms with E-state index in [0.29, 0.717) is 15.6 Å². The van der Waals surface area contributed by atoms with Crippen molar-refractivity contribution in [2.45, 2.75) is 0 Å². The monoisotopic (exact) mass is 285 g/mol. The topological polar surface area (TPSA) is 48.3 Å². The number of hydrogen-bond acceptors (Lipinski definition) is 4. The van der Waals surface area contributed by atoms with Gasteiger partial charge in [0.05, 0.1) is 28.4 Å². The van der Waals surface area contributed by atoms with Crippen molar-refractivity contribution in [2.75, 3.05) is 7.11 Å². The van der Waals surface area contributed by atoms with Crippen LogP contribution in [0.5, 0.6) is 0 Å². The van der Waals surface area contributed by atoms with Crippen LogP contribution in [0.4, 0.5) is 0 Å². The molecular weight excluding hydrogens is 274 g/mol. The van der Waals surface area contributed by atoms with E-state index in [2.05, 4.69) is 0 Å². The molecule has 4 nitrogen and oxygen atoms in total. The number of carbonyl (C=O) groups excluding carboxylic acids is 1. The third-order valence-corrected chi connectivity index (χ3v) is 4.19. The summed E-state index contributed by atoms with van der Waals surface area (Å²) in [4.78, 5) is 24.2. The van der Waals surface area contributed by atoms with Crippen molar-refractivity contribution in [3.05, 3.63) is 64.4 Å². The molecule has 2 aromatic carbocycles. The second kappa shape index (κ2) is 4.94. The van der Waals surface area contributed by atoms with Crippen LogP contribution >= 0.6 is 11.5 Å². The van der Waals surface area contributed by atoms with E-state index in [1.165, 1.54) is 18.6 Å². The minimum absolute atomic E-state index is 0.123. The molecule has 0 saturated carbocycles. The molecule has 0 amide bonds. The Bertz CT molecular complexity index is 833. The predicted molar refractivity (Wildman–Crippen MR) is 78.8 cm³/mol. The summed E-state index contributed by atoms with van der Waals surface area (Å²) in [5, 5.41) is 0.529. The molecule has 0 N–H and O–H groups in total. The lowest BCUT2D eigenvalue weighted by molar-refractivity contribution is 0.0603. The number of esters is 1.